The third-order valence-electron chi connectivity index (χ3n) is 5.42. The Bertz CT molecular complexity index is 360. The summed E-state index contributed by atoms with van der Waals surface area (Å²) in [6.07, 6.45) is 8.48. The lowest BCUT2D eigenvalue weighted by atomic mass is 9.97. The largest absolute Gasteiger partial charge is 0.321 e. The predicted octanol–water partition coefficient (Wildman–Crippen LogP) is 1.95. The maximum atomic E-state index is 12.8. The molecule has 3 aliphatic rings. The Balaban J connectivity index is 1.75. The van der Waals surface area contributed by atoms with Crippen molar-refractivity contribution in [3.63, 3.8) is 0 Å². The molecule has 0 radical (unpaired) electrons. The van der Waals surface area contributed by atoms with Crippen LogP contribution in [0.4, 0.5) is 0 Å². The molecule has 3 fully saturated rings. The Hall–Kier alpha value is -0.610. The van der Waals surface area contributed by atoms with Crippen LogP contribution in [0, 0.1) is 0 Å². The van der Waals surface area contributed by atoms with Gasteiger partial charge in [-0.05, 0) is 38.6 Å². The molecule has 4 nitrogen and oxygen atoms in total. The highest BCUT2D eigenvalue weighted by molar-refractivity contribution is 5.84. The van der Waals surface area contributed by atoms with E-state index in [4.69, 9.17) is 0 Å². The maximum Gasteiger partial charge on any atom is 0.241 e. The Kier molecular flexibility index (Phi) is 4.32. The third kappa shape index (κ3) is 2.37. The number of nitrogens with one attached hydrogen (secondary N) is 1. The van der Waals surface area contributed by atoms with Gasteiger partial charge in [-0.3, -0.25) is 15.0 Å². The quantitative estimate of drug-likeness (QED) is 0.854. The van der Waals surface area contributed by atoms with Gasteiger partial charge < -0.3 is 4.90 Å². The molecule has 1 amide bonds. The van der Waals surface area contributed by atoms with Crippen molar-refractivity contribution >= 4 is 5.91 Å². The van der Waals surface area contributed by atoms with Gasteiger partial charge in [0.25, 0.3) is 0 Å². The zero-order chi connectivity index (χ0) is 14.1. The van der Waals surface area contributed by atoms with Gasteiger partial charge in [-0.25, -0.2) is 0 Å². The summed E-state index contributed by atoms with van der Waals surface area (Å²) in [4.78, 5) is 17.6. The number of fused-ring (bicyclic) bond motifs is 1. The number of amides is 1. The van der Waals surface area contributed by atoms with E-state index < -0.39 is 0 Å². The smallest absolute Gasteiger partial charge is 0.241 e. The second-order valence-electron chi connectivity index (χ2n) is 6.63. The molecule has 4 unspecified atom stereocenters. The van der Waals surface area contributed by atoms with Crippen molar-refractivity contribution in [2.24, 2.45) is 0 Å². The molecule has 0 aliphatic carbocycles. The minimum Gasteiger partial charge on any atom is -0.321 e. The fourth-order valence-corrected chi connectivity index (χ4v) is 4.47. The van der Waals surface area contributed by atoms with E-state index in [1.54, 1.807) is 0 Å². The Labute approximate surface area is 122 Å². The van der Waals surface area contributed by atoms with Crippen molar-refractivity contribution in [3.8, 4) is 0 Å². The summed E-state index contributed by atoms with van der Waals surface area (Å²) in [5.74, 6) is 0.371. The van der Waals surface area contributed by atoms with Gasteiger partial charge in [-0.15, -0.1) is 0 Å². The number of carbonyl (C=O) groups excluding carboxylic acids is 1. The van der Waals surface area contributed by atoms with E-state index in [2.05, 4.69) is 29.0 Å². The van der Waals surface area contributed by atoms with Crippen LogP contribution in [0.2, 0.25) is 0 Å². The van der Waals surface area contributed by atoms with E-state index in [-0.39, 0.29) is 12.2 Å². The van der Waals surface area contributed by atoms with E-state index in [1.165, 1.54) is 38.8 Å². The van der Waals surface area contributed by atoms with Crippen LogP contribution in [0.1, 0.15) is 58.8 Å². The number of nitrogens with zero attached hydrogens (tertiary/aromatic N) is 2. The van der Waals surface area contributed by atoms with Crippen LogP contribution in [-0.2, 0) is 4.79 Å². The van der Waals surface area contributed by atoms with Crippen LogP contribution in [0.3, 0.4) is 0 Å². The van der Waals surface area contributed by atoms with E-state index >= 15 is 0 Å². The molecular formula is C16H29N3O. The van der Waals surface area contributed by atoms with Crippen LogP contribution < -0.4 is 5.32 Å². The van der Waals surface area contributed by atoms with E-state index in [9.17, 15) is 4.79 Å². The maximum absolute atomic E-state index is 12.8. The molecule has 0 aromatic heterocycles. The normalized spacial score (nSPS) is 38.5. The monoisotopic (exact) mass is 279 g/mol. The molecule has 0 bridgehead atoms. The number of hydrogen-bond acceptors (Lipinski definition) is 3. The molecule has 0 aromatic rings. The summed E-state index contributed by atoms with van der Waals surface area (Å²) in [7, 11) is 0. The highest BCUT2D eigenvalue weighted by atomic mass is 16.2. The van der Waals surface area contributed by atoms with E-state index in [0.717, 1.165) is 19.3 Å². The van der Waals surface area contributed by atoms with Gasteiger partial charge in [0.2, 0.25) is 5.91 Å². The van der Waals surface area contributed by atoms with Gasteiger partial charge in [-0.2, -0.15) is 0 Å². The molecular weight excluding hydrogens is 250 g/mol. The average molecular weight is 279 g/mol. The lowest BCUT2D eigenvalue weighted by molar-refractivity contribution is -0.133. The van der Waals surface area contributed by atoms with Crippen LogP contribution >= 0.6 is 0 Å². The van der Waals surface area contributed by atoms with Gasteiger partial charge in [-0.1, -0.05) is 26.7 Å². The first kappa shape index (κ1) is 14.3. The molecule has 0 aromatic carbocycles. The highest BCUT2D eigenvalue weighted by Gasteiger charge is 2.47. The topological polar surface area (TPSA) is 35.6 Å². The predicted molar refractivity (Wildman–Crippen MR) is 80.4 cm³/mol. The minimum atomic E-state index is 0.0718. The molecule has 4 atom stereocenters. The standard InChI is InChI=1S/C16H29N3O/c1-3-7-12-16(20)19(15(4-2)17-12)14-9-11-18-10-6-5-8-13(14)18/h12-15,17H,3-11H2,1-2H3. The molecule has 114 valence electrons. The number of carbonyl (C=O) groups is 1. The van der Waals surface area contributed by atoms with Crippen molar-refractivity contribution in [2.45, 2.75) is 83.1 Å². The summed E-state index contributed by atoms with van der Waals surface area (Å²) in [6.45, 7) is 6.79. The number of rotatable bonds is 4. The summed E-state index contributed by atoms with van der Waals surface area (Å²) < 4.78 is 0. The first-order valence-corrected chi connectivity index (χ1v) is 8.58. The minimum absolute atomic E-state index is 0.0718. The van der Waals surface area contributed by atoms with Gasteiger partial charge in [0, 0.05) is 12.6 Å². The van der Waals surface area contributed by atoms with E-state index in [0.29, 0.717) is 18.0 Å². The summed E-state index contributed by atoms with van der Waals surface area (Å²) in [6, 6.07) is 1.16. The average Bonchev–Trinajstić information content (AvgIpc) is 3.01. The number of piperidine rings is 1. The van der Waals surface area contributed by atoms with Gasteiger partial charge in [0.1, 0.15) is 0 Å². The van der Waals surface area contributed by atoms with Gasteiger partial charge in [0.15, 0.2) is 0 Å². The summed E-state index contributed by atoms with van der Waals surface area (Å²) in [5.41, 5.74) is 0. The van der Waals surface area contributed by atoms with Crippen molar-refractivity contribution in [3.05, 3.63) is 0 Å². The van der Waals surface area contributed by atoms with Crippen molar-refractivity contribution < 1.29 is 4.79 Å². The molecule has 3 saturated heterocycles. The van der Waals surface area contributed by atoms with Crippen LogP contribution in [0.5, 0.6) is 0 Å². The van der Waals surface area contributed by atoms with Crippen molar-refractivity contribution in [1.29, 1.82) is 0 Å². The van der Waals surface area contributed by atoms with Crippen molar-refractivity contribution in [2.75, 3.05) is 13.1 Å². The third-order valence-corrected chi connectivity index (χ3v) is 5.42. The van der Waals surface area contributed by atoms with Crippen LogP contribution in [0.15, 0.2) is 0 Å². The van der Waals surface area contributed by atoms with E-state index in [1.807, 2.05) is 0 Å². The first-order valence-electron chi connectivity index (χ1n) is 8.58. The highest BCUT2D eigenvalue weighted by Crippen LogP contribution is 2.33. The van der Waals surface area contributed by atoms with Crippen LogP contribution in [-0.4, -0.2) is 53.1 Å². The molecule has 3 rings (SSSR count). The first-order chi connectivity index (χ1) is 9.76. The lowest BCUT2D eigenvalue weighted by Crippen LogP contribution is -2.51. The summed E-state index contributed by atoms with van der Waals surface area (Å²) in [5, 5.41) is 3.57. The SMILES string of the molecule is CCCC1NC(CC)N(C2CCN3CCCCC23)C1=O. The van der Waals surface area contributed by atoms with Crippen molar-refractivity contribution in [1.82, 2.24) is 15.1 Å². The molecule has 3 aliphatic heterocycles. The second kappa shape index (κ2) is 6.02. The Morgan fingerprint density at radius 2 is 2.00 bits per heavy atom. The molecule has 0 saturated carbocycles. The fraction of sp³-hybridized carbons (Fsp3) is 0.938. The fourth-order valence-electron chi connectivity index (χ4n) is 4.47. The molecule has 4 heteroatoms. The van der Waals surface area contributed by atoms with Gasteiger partial charge >= 0.3 is 0 Å². The molecule has 0 spiro atoms. The molecule has 3 heterocycles. The molecule has 1 N–H and O–H groups in total. The van der Waals surface area contributed by atoms with Crippen LogP contribution in [0.25, 0.3) is 0 Å². The second-order valence-corrected chi connectivity index (χ2v) is 6.63. The Morgan fingerprint density at radius 1 is 1.15 bits per heavy atom. The van der Waals surface area contributed by atoms with Gasteiger partial charge in [0.05, 0.1) is 18.2 Å². The molecule has 20 heavy (non-hydrogen) atoms. The lowest BCUT2D eigenvalue weighted by Gasteiger charge is -2.38. The zero-order valence-corrected chi connectivity index (χ0v) is 13.0. The summed E-state index contributed by atoms with van der Waals surface area (Å²) >= 11 is 0. The number of hydrogen-bond donors (Lipinski definition) is 1. The Morgan fingerprint density at radius 3 is 2.75 bits per heavy atom. The zero-order valence-electron chi connectivity index (χ0n) is 13.0.